The third kappa shape index (κ3) is 3.48. The maximum absolute atomic E-state index is 14.3. The van der Waals surface area contributed by atoms with Gasteiger partial charge in [0.05, 0.1) is 24.0 Å². The van der Waals surface area contributed by atoms with Gasteiger partial charge in [-0.05, 0) is 48.4 Å². The Labute approximate surface area is 180 Å². The number of hydrogen-bond acceptors (Lipinski definition) is 1. The zero-order valence-corrected chi connectivity index (χ0v) is 17.1. The van der Waals surface area contributed by atoms with Gasteiger partial charge in [0, 0.05) is 11.9 Å². The third-order valence-electron chi connectivity index (χ3n) is 5.73. The van der Waals surface area contributed by atoms with Gasteiger partial charge in [-0.3, -0.25) is 0 Å². The highest BCUT2D eigenvalue weighted by Crippen LogP contribution is 2.37. The Morgan fingerprint density at radius 1 is 0.935 bits per heavy atom. The molecule has 5 rings (SSSR count). The van der Waals surface area contributed by atoms with Gasteiger partial charge in [0.15, 0.2) is 0 Å². The topological polar surface area (TPSA) is 37.3 Å². The van der Waals surface area contributed by atoms with E-state index in [-0.39, 0.29) is 17.8 Å². The van der Waals surface area contributed by atoms with E-state index >= 15 is 0 Å². The number of rotatable bonds is 2. The maximum atomic E-state index is 14.3. The summed E-state index contributed by atoms with van der Waals surface area (Å²) in [7, 11) is 0. The van der Waals surface area contributed by atoms with E-state index < -0.39 is 5.82 Å². The molecule has 1 unspecified atom stereocenters. The smallest absolute Gasteiger partial charge is 0.318 e. The molecule has 5 heteroatoms. The zero-order chi connectivity index (χ0) is 21.4. The molecule has 1 aromatic heterocycles. The van der Waals surface area contributed by atoms with Crippen LogP contribution in [0, 0.1) is 12.7 Å². The molecule has 31 heavy (non-hydrogen) atoms. The van der Waals surface area contributed by atoms with Crippen LogP contribution < -0.4 is 5.32 Å². The van der Waals surface area contributed by atoms with Crippen LogP contribution >= 0.6 is 0 Å². The van der Waals surface area contributed by atoms with Crippen LogP contribution in [-0.4, -0.2) is 15.5 Å². The standard InChI is InChI=1S/C26H22FN3O/c1-18-12-14-19(15-13-18)25-24-11-6-16-29(24)23-10-5-2-7-20(23)17-30(25)26(31)28-22-9-4-3-8-21(22)27/h2-16,25H,17H2,1H3,(H,28,31). The van der Waals surface area contributed by atoms with Crippen molar-refractivity contribution >= 4 is 11.7 Å². The lowest BCUT2D eigenvalue weighted by atomic mass is 10.0. The first-order valence-electron chi connectivity index (χ1n) is 10.3. The summed E-state index contributed by atoms with van der Waals surface area (Å²) in [5.74, 6) is -0.457. The molecule has 4 aromatic rings. The van der Waals surface area contributed by atoms with E-state index in [1.807, 2.05) is 55.6 Å². The zero-order valence-electron chi connectivity index (χ0n) is 17.1. The van der Waals surface area contributed by atoms with Crippen LogP contribution in [0.5, 0.6) is 0 Å². The number of aryl methyl sites for hydroxylation is 1. The van der Waals surface area contributed by atoms with Gasteiger partial charge in [-0.15, -0.1) is 0 Å². The number of para-hydroxylation sites is 2. The highest BCUT2D eigenvalue weighted by molar-refractivity contribution is 5.90. The lowest BCUT2D eigenvalue weighted by Crippen LogP contribution is -2.38. The number of carbonyl (C=O) groups excluding carboxylic acids is 1. The molecule has 4 nitrogen and oxygen atoms in total. The van der Waals surface area contributed by atoms with Gasteiger partial charge in [0.2, 0.25) is 0 Å². The molecule has 0 fully saturated rings. The van der Waals surface area contributed by atoms with Gasteiger partial charge < -0.3 is 14.8 Å². The van der Waals surface area contributed by atoms with Gasteiger partial charge in [-0.25, -0.2) is 9.18 Å². The first-order chi connectivity index (χ1) is 15.1. The number of fused-ring (bicyclic) bond motifs is 3. The van der Waals surface area contributed by atoms with E-state index in [0.29, 0.717) is 6.54 Å². The van der Waals surface area contributed by atoms with E-state index in [1.54, 1.807) is 23.1 Å². The van der Waals surface area contributed by atoms with E-state index in [9.17, 15) is 9.18 Å². The fraction of sp³-hybridized carbons (Fsp3) is 0.115. The van der Waals surface area contributed by atoms with Gasteiger partial charge in [0.25, 0.3) is 0 Å². The molecule has 0 radical (unpaired) electrons. The minimum Gasteiger partial charge on any atom is -0.318 e. The number of benzene rings is 3. The second kappa shape index (κ2) is 7.76. The Morgan fingerprint density at radius 3 is 2.48 bits per heavy atom. The number of nitrogens with zero attached hydrogens (tertiary/aromatic N) is 2. The molecule has 1 aliphatic heterocycles. The minimum absolute atomic E-state index is 0.170. The highest BCUT2D eigenvalue weighted by Gasteiger charge is 2.33. The van der Waals surface area contributed by atoms with Crippen LogP contribution in [0.1, 0.15) is 28.4 Å². The predicted octanol–water partition coefficient (Wildman–Crippen LogP) is 6.06. The molecule has 1 atom stereocenters. The number of urea groups is 1. The van der Waals surface area contributed by atoms with Crippen molar-refractivity contribution in [2.24, 2.45) is 0 Å². The fourth-order valence-corrected chi connectivity index (χ4v) is 4.19. The number of amides is 2. The SMILES string of the molecule is Cc1ccc(C2c3cccn3-c3ccccc3CN2C(=O)Nc2ccccc2F)cc1. The van der Waals surface area contributed by atoms with E-state index in [2.05, 4.69) is 28.1 Å². The fourth-order valence-electron chi connectivity index (χ4n) is 4.19. The van der Waals surface area contributed by atoms with Crippen molar-refractivity contribution in [2.75, 3.05) is 5.32 Å². The second-order valence-corrected chi connectivity index (χ2v) is 7.78. The summed E-state index contributed by atoms with van der Waals surface area (Å²) in [5, 5.41) is 2.78. The lowest BCUT2D eigenvalue weighted by molar-refractivity contribution is 0.194. The quantitative estimate of drug-likeness (QED) is 0.428. The highest BCUT2D eigenvalue weighted by atomic mass is 19.1. The van der Waals surface area contributed by atoms with Crippen LogP contribution in [0.15, 0.2) is 91.1 Å². The molecule has 0 saturated heterocycles. The first-order valence-corrected chi connectivity index (χ1v) is 10.3. The summed E-state index contributed by atoms with van der Waals surface area (Å²) in [6, 6.07) is 25.8. The molecule has 0 aliphatic carbocycles. The number of hydrogen-bond donors (Lipinski definition) is 1. The maximum Gasteiger partial charge on any atom is 0.323 e. The lowest BCUT2D eigenvalue weighted by Gasteiger charge is -2.31. The number of nitrogens with one attached hydrogen (secondary N) is 1. The van der Waals surface area contributed by atoms with Crippen molar-refractivity contribution < 1.29 is 9.18 Å². The summed E-state index contributed by atoms with van der Waals surface area (Å²) in [6.07, 6.45) is 2.02. The largest absolute Gasteiger partial charge is 0.323 e. The van der Waals surface area contributed by atoms with Crippen LogP contribution in [0.25, 0.3) is 5.69 Å². The molecular weight excluding hydrogens is 389 g/mol. The summed E-state index contributed by atoms with van der Waals surface area (Å²) in [6.45, 7) is 2.44. The summed E-state index contributed by atoms with van der Waals surface area (Å²) >= 11 is 0. The normalized spacial score (nSPS) is 15.0. The Balaban J connectivity index is 1.64. The monoisotopic (exact) mass is 411 g/mol. The Hall–Kier alpha value is -3.86. The third-order valence-corrected chi connectivity index (χ3v) is 5.73. The average Bonchev–Trinajstić information content (AvgIpc) is 3.20. The number of anilines is 1. The van der Waals surface area contributed by atoms with Gasteiger partial charge >= 0.3 is 6.03 Å². The molecule has 1 N–H and O–H groups in total. The number of halogens is 1. The van der Waals surface area contributed by atoms with E-state index in [0.717, 1.165) is 28.1 Å². The molecule has 2 heterocycles. The predicted molar refractivity (Wildman–Crippen MR) is 120 cm³/mol. The minimum atomic E-state index is -0.457. The molecule has 2 amide bonds. The van der Waals surface area contributed by atoms with Crippen LogP contribution in [0.4, 0.5) is 14.9 Å². The first kappa shape index (κ1) is 19.1. The van der Waals surface area contributed by atoms with Crippen molar-refractivity contribution in [1.29, 1.82) is 0 Å². The molecule has 1 aliphatic rings. The number of aromatic nitrogens is 1. The molecular formula is C26H22FN3O. The van der Waals surface area contributed by atoms with Crippen molar-refractivity contribution in [3.05, 3.63) is 119 Å². The van der Waals surface area contributed by atoms with E-state index in [1.165, 1.54) is 6.07 Å². The summed E-state index contributed by atoms with van der Waals surface area (Å²) < 4.78 is 16.4. The van der Waals surface area contributed by atoms with Crippen molar-refractivity contribution in [3.63, 3.8) is 0 Å². The molecule has 0 bridgehead atoms. The second-order valence-electron chi connectivity index (χ2n) is 7.78. The van der Waals surface area contributed by atoms with Gasteiger partial charge in [0.1, 0.15) is 5.82 Å². The van der Waals surface area contributed by atoms with Crippen LogP contribution in [0.3, 0.4) is 0 Å². The molecule has 3 aromatic carbocycles. The average molecular weight is 411 g/mol. The van der Waals surface area contributed by atoms with Gasteiger partial charge in [-0.2, -0.15) is 0 Å². The van der Waals surface area contributed by atoms with Crippen molar-refractivity contribution in [2.45, 2.75) is 19.5 Å². The Bertz CT molecular complexity index is 1250. The van der Waals surface area contributed by atoms with Crippen molar-refractivity contribution in [3.8, 4) is 5.69 Å². The summed E-state index contributed by atoms with van der Waals surface area (Å²) in [5.41, 5.74) is 5.38. The van der Waals surface area contributed by atoms with Crippen LogP contribution in [-0.2, 0) is 6.54 Å². The Kier molecular flexibility index (Phi) is 4.79. The number of carbonyl (C=O) groups is 1. The van der Waals surface area contributed by atoms with Gasteiger partial charge in [-0.1, -0.05) is 60.2 Å². The van der Waals surface area contributed by atoms with E-state index in [4.69, 9.17) is 0 Å². The summed E-state index contributed by atoms with van der Waals surface area (Å²) in [4.78, 5) is 15.3. The van der Waals surface area contributed by atoms with Crippen LogP contribution in [0.2, 0.25) is 0 Å². The Morgan fingerprint density at radius 2 is 1.68 bits per heavy atom. The molecule has 154 valence electrons. The van der Waals surface area contributed by atoms with Crippen molar-refractivity contribution in [1.82, 2.24) is 9.47 Å². The molecule has 0 spiro atoms. The molecule has 0 saturated carbocycles.